The van der Waals surface area contributed by atoms with Crippen molar-refractivity contribution >= 4 is 11.8 Å². The first-order valence-electron chi connectivity index (χ1n) is 8.47. The van der Waals surface area contributed by atoms with Gasteiger partial charge in [0.1, 0.15) is 5.69 Å². The molecule has 1 saturated carbocycles. The average Bonchev–Trinajstić information content (AvgIpc) is 3.14. The van der Waals surface area contributed by atoms with Crippen molar-refractivity contribution in [1.29, 1.82) is 0 Å². The minimum atomic E-state index is -4.52. The number of hydrogen-bond acceptors (Lipinski definition) is 3. The number of carbonyl (C=O) groups excluding carboxylic acids is 2. The Morgan fingerprint density at radius 1 is 1.00 bits per heavy atom. The summed E-state index contributed by atoms with van der Waals surface area (Å²) in [7, 11) is 0. The third-order valence-electron chi connectivity index (χ3n) is 4.88. The standard InChI is InChI=1S/C17H20F3N3O2/c18-17(19,20)14-6-5-13(11-21-14)16(25)23-9-7-22(8-10-23)15(24)12-3-1-2-4-12/h5-6,11-12H,1-4,7-10H2. The topological polar surface area (TPSA) is 53.5 Å². The van der Waals surface area contributed by atoms with E-state index >= 15 is 0 Å². The summed E-state index contributed by atoms with van der Waals surface area (Å²) >= 11 is 0. The second-order valence-electron chi connectivity index (χ2n) is 6.53. The Kier molecular flexibility index (Phi) is 4.96. The summed E-state index contributed by atoms with van der Waals surface area (Å²) in [6.45, 7) is 1.71. The van der Waals surface area contributed by atoms with Crippen molar-refractivity contribution in [2.24, 2.45) is 5.92 Å². The highest BCUT2D eigenvalue weighted by atomic mass is 19.4. The summed E-state index contributed by atoms with van der Waals surface area (Å²) in [5.74, 6) is -0.0728. The fourth-order valence-corrected chi connectivity index (χ4v) is 3.43. The van der Waals surface area contributed by atoms with Crippen LogP contribution in [-0.4, -0.2) is 52.8 Å². The van der Waals surface area contributed by atoms with Gasteiger partial charge in [0, 0.05) is 38.3 Å². The predicted octanol–water partition coefficient (Wildman–Crippen LogP) is 2.58. The smallest absolute Gasteiger partial charge is 0.339 e. The van der Waals surface area contributed by atoms with Crippen LogP contribution in [0.4, 0.5) is 13.2 Å². The van der Waals surface area contributed by atoms with Gasteiger partial charge in [-0.15, -0.1) is 0 Å². The van der Waals surface area contributed by atoms with Gasteiger partial charge in [-0.05, 0) is 25.0 Å². The molecule has 1 saturated heterocycles. The molecule has 1 aromatic rings. The lowest BCUT2D eigenvalue weighted by Gasteiger charge is -2.36. The second-order valence-corrected chi connectivity index (χ2v) is 6.53. The van der Waals surface area contributed by atoms with Crippen molar-refractivity contribution in [3.05, 3.63) is 29.6 Å². The molecule has 0 unspecified atom stereocenters. The number of nitrogens with zero attached hydrogens (tertiary/aromatic N) is 3. The zero-order valence-corrected chi connectivity index (χ0v) is 13.8. The number of hydrogen-bond donors (Lipinski definition) is 0. The molecule has 8 heteroatoms. The number of amides is 2. The molecule has 3 rings (SSSR count). The van der Waals surface area contributed by atoms with Gasteiger partial charge < -0.3 is 9.80 Å². The van der Waals surface area contributed by atoms with Crippen LogP contribution in [0.5, 0.6) is 0 Å². The second kappa shape index (κ2) is 7.01. The van der Waals surface area contributed by atoms with Gasteiger partial charge in [-0.1, -0.05) is 12.8 Å². The fourth-order valence-electron chi connectivity index (χ4n) is 3.43. The Morgan fingerprint density at radius 2 is 1.60 bits per heavy atom. The first-order chi connectivity index (χ1) is 11.9. The van der Waals surface area contributed by atoms with E-state index in [0.717, 1.165) is 44.0 Å². The van der Waals surface area contributed by atoms with E-state index in [9.17, 15) is 22.8 Å². The largest absolute Gasteiger partial charge is 0.433 e. The Balaban J connectivity index is 1.57. The number of halogens is 3. The molecular formula is C17H20F3N3O2. The fraction of sp³-hybridized carbons (Fsp3) is 0.588. The molecule has 1 aliphatic carbocycles. The summed E-state index contributed by atoms with van der Waals surface area (Å²) in [6, 6.07) is 1.96. The van der Waals surface area contributed by atoms with E-state index in [1.807, 2.05) is 0 Å². The number of aromatic nitrogens is 1. The Morgan fingerprint density at radius 3 is 2.12 bits per heavy atom. The first-order valence-corrected chi connectivity index (χ1v) is 8.47. The maximum atomic E-state index is 12.5. The van der Waals surface area contributed by atoms with Crippen molar-refractivity contribution < 1.29 is 22.8 Å². The molecule has 1 aliphatic heterocycles. The van der Waals surface area contributed by atoms with E-state index in [1.165, 1.54) is 0 Å². The number of carbonyl (C=O) groups is 2. The van der Waals surface area contributed by atoms with Crippen LogP contribution in [0.25, 0.3) is 0 Å². The van der Waals surface area contributed by atoms with Gasteiger partial charge in [-0.3, -0.25) is 14.6 Å². The molecule has 5 nitrogen and oxygen atoms in total. The van der Waals surface area contributed by atoms with Crippen LogP contribution >= 0.6 is 0 Å². The quantitative estimate of drug-likeness (QED) is 0.819. The highest BCUT2D eigenvalue weighted by molar-refractivity contribution is 5.94. The molecule has 2 aliphatic rings. The van der Waals surface area contributed by atoms with E-state index in [2.05, 4.69) is 4.98 Å². The van der Waals surface area contributed by atoms with Crippen LogP contribution in [0.1, 0.15) is 41.7 Å². The van der Waals surface area contributed by atoms with E-state index in [-0.39, 0.29) is 23.3 Å². The average molecular weight is 355 g/mol. The van der Waals surface area contributed by atoms with Crippen LogP contribution in [0.3, 0.4) is 0 Å². The van der Waals surface area contributed by atoms with Crippen LogP contribution in [0.15, 0.2) is 18.3 Å². The first kappa shape index (κ1) is 17.7. The molecule has 0 N–H and O–H groups in total. The monoisotopic (exact) mass is 355 g/mol. The molecule has 0 atom stereocenters. The molecule has 136 valence electrons. The highest BCUT2D eigenvalue weighted by Gasteiger charge is 2.33. The van der Waals surface area contributed by atoms with Gasteiger partial charge in [0.2, 0.25) is 5.91 Å². The molecule has 25 heavy (non-hydrogen) atoms. The summed E-state index contributed by atoms with van der Waals surface area (Å²) in [6.07, 6.45) is 0.505. The van der Waals surface area contributed by atoms with Crippen molar-refractivity contribution in [3.8, 4) is 0 Å². The SMILES string of the molecule is O=C(c1ccc(C(F)(F)F)nc1)N1CCN(C(=O)C2CCCC2)CC1. The van der Waals surface area contributed by atoms with E-state index in [4.69, 9.17) is 0 Å². The van der Waals surface area contributed by atoms with Crippen LogP contribution in [-0.2, 0) is 11.0 Å². The third kappa shape index (κ3) is 3.93. The van der Waals surface area contributed by atoms with Gasteiger partial charge in [0.15, 0.2) is 0 Å². The number of rotatable bonds is 2. The molecule has 2 fully saturated rings. The molecule has 0 aromatic carbocycles. The third-order valence-corrected chi connectivity index (χ3v) is 4.88. The molecule has 2 amide bonds. The van der Waals surface area contributed by atoms with Crippen molar-refractivity contribution in [2.75, 3.05) is 26.2 Å². The normalized spacial score (nSPS) is 19.3. The Hall–Kier alpha value is -2.12. The molecule has 0 radical (unpaired) electrons. The minimum Gasteiger partial charge on any atom is -0.339 e. The zero-order chi connectivity index (χ0) is 18.0. The van der Waals surface area contributed by atoms with Gasteiger partial charge in [0.25, 0.3) is 5.91 Å². The van der Waals surface area contributed by atoms with E-state index < -0.39 is 11.9 Å². The lowest BCUT2D eigenvalue weighted by molar-refractivity contribution is -0.141. The maximum absolute atomic E-state index is 12.5. The lowest BCUT2D eigenvalue weighted by atomic mass is 10.1. The predicted molar refractivity (Wildman–Crippen MR) is 83.7 cm³/mol. The Bertz CT molecular complexity index is 632. The van der Waals surface area contributed by atoms with Gasteiger partial charge in [-0.25, -0.2) is 0 Å². The zero-order valence-electron chi connectivity index (χ0n) is 13.8. The summed E-state index contributed by atoms with van der Waals surface area (Å²) in [5, 5.41) is 0. The van der Waals surface area contributed by atoms with Crippen molar-refractivity contribution in [3.63, 3.8) is 0 Å². The number of pyridine rings is 1. The summed E-state index contributed by atoms with van der Waals surface area (Å²) < 4.78 is 37.6. The molecule has 2 heterocycles. The number of piperazine rings is 1. The summed E-state index contributed by atoms with van der Waals surface area (Å²) in [5.41, 5.74) is -0.889. The van der Waals surface area contributed by atoms with Crippen molar-refractivity contribution in [1.82, 2.24) is 14.8 Å². The van der Waals surface area contributed by atoms with Gasteiger partial charge >= 0.3 is 6.18 Å². The van der Waals surface area contributed by atoms with Crippen LogP contribution in [0.2, 0.25) is 0 Å². The molecule has 1 aromatic heterocycles. The highest BCUT2D eigenvalue weighted by Crippen LogP contribution is 2.28. The summed E-state index contributed by atoms with van der Waals surface area (Å²) in [4.78, 5) is 31.5. The van der Waals surface area contributed by atoms with E-state index in [1.54, 1.807) is 9.80 Å². The van der Waals surface area contributed by atoms with Crippen LogP contribution < -0.4 is 0 Å². The molecule has 0 spiro atoms. The lowest BCUT2D eigenvalue weighted by Crippen LogP contribution is -2.51. The minimum absolute atomic E-state index is 0.112. The van der Waals surface area contributed by atoms with Gasteiger partial charge in [0.05, 0.1) is 5.56 Å². The van der Waals surface area contributed by atoms with E-state index in [0.29, 0.717) is 26.2 Å². The molecular weight excluding hydrogens is 335 g/mol. The van der Waals surface area contributed by atoms with Crippen molar-refractivity contribution in [2.45, 2.75) is 31.9 Å². The Labute approximate surface area is 143 Å². The molecule has 0 bridgehead atoms. The van der Waals surface area contributed by atoms with Gasteiger partial charge in [-0.2, -0.15) is 13.2 Å². The number of alkyl halides is 3. The van der Waals surface area contributed by atoms with Crippen LogP contribution in [0, 0.1) is 5.92 Å². The maximum Gasteiger partial charge on any atom is 0.433 e.